The molecule has 29 heavy (non-hydrogen) atoms. The van der Waals surface area contributed by atoms with Gasteiger partial charge in [0.1, 0.15) is 12.4 Å². The summed E-state index contributed by atoms with van der Waals surface area (Å²) in [5, 5.41) is 7.92. The van der Waals surface area contributed by atoms with Crippen molar-refractivity contribution in [2.45, 2.75) is 33.4 Å². The van der Waals surface area contributed by atoms with Gasteiger partial charge in [-0.25, -0.2) is 9.97 Å². The molecule has 0 fully saturated rings. The van der Waals surface area contributed by atoms with E-state index in [1.807, 2.05) is 24.4 Å². The molecule has 0 aliphatic heterocycles. The van der Waals surface area contributed by atoms with E-state index >= 15 is 0 Å². The number of nitrogens with one attached hydrogen (secondary N) is 2. The monoisotopic (exact) mass is 412 g/mol. The molecule has 3 aromatic heterocycles. The van der Waals surface area contributed by atoms with Gasteiger partial charge in [0, 0.05) is 35.6 Å². The molecule has 0 radical (unpaired) electrons. The van der Waals surface area contributed by atoms with Gasteiger partial charge >= 0.3 is 0 Å². The summed E-state index contributed by atoms with van der Waals surface area (Å²) in [6.45, 7) is 4.44. The largest absolute Gasteiger partial charge is 0.384 e. The number of pyridine rings is 1. The number of hydrogen-bond acceptors (Lipinski definition) is 7. The predicted octanol–water partition coefficient (Wildman–Crippen LogP) is 1.87. The third kappa shape index (κ3) is 5.41. The van der Waals surface area contributed by atoms with Crippen molar-refractivity contribution >= 4 is 28.9 Å². The van der Waals surface area contributed by atoms with Gasteiger partial charge in [-0.2, -0.15) is 0 Å². The number of carbonyl (C=O) groups is 1. The van der Waals surface area contributed by atoms with E-state index in [-0.39, 0.29) is 23.8 Å². The van der Waals surface area contributed by atoms with Crippen LogP contribution in [0.3, 0.4) is 0 Å². The number of anilines is 2. The van der Waals surface area contributed by atoms with Gasteiger partial charge < -0.3 is 16.4 Å². The summed E-state index contributed by atoms with van der Waals surface area (Å²) in [6.07, 6.45) is 2.40. The van der Waals surface area contributed by atoms with E-state index in [9.17, 15) is 9.59 Å². The van der Waals surface area contributed by atoms with Gasteiger partial charge in [0.15, 0.2) is 5.82 Å². The van der Waals surface area contributed by atoms with E-state index in [1.54, 1.807) is 30.5 Å². The molecule has 1 amide bonds. The van der Waals surface area contributed by atoms with Crippen LogP contribution < -0.4 is 21.9 Å². The molecule has 3 rings (SSSR count). The number of amides is 1. The molecule has 0 saturated carbocycles. The summed E-state index contributed by atoms with van der Waals surface area (Å²) in [6, 6.07) is 7.57. The highest BCUT2D eigenvalue weighted by Crippen LogP contribution is 2.09. The molecular formula is C20H24N6O2S. The Morgan fingerprint density at radius 2 is 2.10 bits per heavy atom. The lowest BCUT2D eigenvalue weighted by Gasteiger charge is -2.13. The zero-order valence-electron chi connectivity index (χ0n) is 16.4. The molecule has 0 saturated heterocycles. The summed E-state index contributed by atoms with van der Waals surface area (Å²) >= 11 is 1.67. The van der Waals surface area contributed by atoms with Gasteiger partial charge in [0.2, 0.25) is 5.91 Å². The van der Waals surface area contributed by atoms with Crippen LogP contribution in [0.4, 0.5) is 11.6 Å². The van der Waals surface area contributed by atoms with Gasteiger partial charge in [0.25, 0.3) is 5.56 Å². The van der Waals surface area contributed by atoms with Crippen LogP contribution >= 0.6 is 11.3 Å². The number of thiophene rings is 1. The van der Waals surface area contributed by atoms with E-state index in [0.717, 1.165) is 17.7 Å². The normalized spacial score (nSPS) is 10.7. The first-order valence-electron chi connectivity index (χ1n) is 9.25. The molecule has 0 aliphatic carbocycles. The van der Waals surface area contributed by atoms with Gasteiger partial charge in [-0.3, -0.25) is 14.2 Å². The lowest BCUT2D eigenvalue weighted by atomic mass is 10.2. The number of hydrogen-bond donors (Lipinski definition) is 3. The average molecular weight is 413 g/mol. The van der Waals surface area contributed by atoms with E-state index < -0.39 is 0 Å². The van der Waals surface area contributed by atoms with Crippen LogP contribution in [0, 0.1) is 13.8 Å². The number of nitrogens with zero attached hydrogens (tertiary/aromatic N) is 3. The molecule has 8 nitrogen and oxygen atoms in total. The van der Waals surface area contributed by atoms with Crippen LogP contribution in [0.1, 0.15) is 21.8 Å². The molecule has 0 unspecified atom stereocenters. The first kappa shape index (κ1) is 20.5. The van der Waals surface area contributed by atoms with Gasteiger partial charge in [-0.15, -0.1) is 11.3 Å². The minimum absolute atomic E-state index is 0.0752. The maximum Gasteiger partial charge on any atom is 0.293 e. The summed E-state index contributed by atoms with van der Waals surface area (Å²) in [7, 11) is 0. The fraction of sp³-hybridized carbons (Fsp3) is 0.300. The smallest absolute Gasteiger partial charge is 0.293 e. The van der Waals surface area contributed by atoms with Crippen LogP contribution in [-0.4, -0.2) is 27.0 Å². The van der Waals surface area contributed by atoms with Crippen molar-refractivity contribution in [1.82, 2.24) is 19.9 Å². The van der Waals surface area contributed by atoms with Crippen molar-refractivity contribution in [1.29, 1.82) is 0 Å². The first-order chi connectivity index (χ1) is 13.9. The van der Waals surface area contributed by atoms with Crippen molar-refractivity contribution < 1.29 is 4.79 Å². The number of nitrogens with two attached hydrogens (primary N) is 1. The number of rotatable bonds is 8. The highest BCUT2D eigenvalue weighted by Gasteiger charge is 2.12. The minimum atomic E-state index is -0.309. The summed E-state index contributed by atoms with van der Waals surface area (Å²) in [5.74, 6) is 0.427. The molecule has 9 heteroatoms. The fourth-order valence-corrected chi connectivity index (χ4v) is 3.55. The molecule has 152 valence electrons. The first-order valence-corrected chi connectivity index (χ1v) is 10.1. The van der Waals surface area contributed by atoms with E-state index in [1.165, 1.54) is 9.44 Å². The third-order valence-electron chi connectivity index (χ3n) is 4.49. The summed E-state index contributed by atoms with van der Waals surface area (Å²) in [5.41, 5.74) is 7.60. The van der Waals surface area contributed by atoms with Gasteiger partial charge in [0.05, 0.1) is 0 Å². The molecule has 4 N–H and O–H groups in total. The lowest BCUT2D eigenvalue weighted by molar-refractivity contribution is -0.121. The molecule has 3 heterocycles. The Kier molecular flexibility index (Phi) is 6.61. The highest BCUT2D eigenvalue weighted by molar-refractivity contribution is 7.09. The number of aryl methyl sites for hydroxylation is 2. The van der Waals surface area contributed by atoms with Crippen molar-refractivity contribution in [2.75, 3.05) is 17.6 Å². The van der Waals surface area contributed by atoms with E-state index in [0.29, 0.717) is 24.6 Å². The topological polar surface area (TPSA) is 115 Å². The maximum atomic E-state index is 12.7. The molecule has 0 aliphatic rings. The van der Waals surface area contributed by atoms with E-state index in [4.69, 9.17) is 5.73 Å². The molecule has 3 aromatic rings. The molecule has 0 atom stereocenters. The van der Waals surface area contributed by atoms with E-state index in [2.05, 4.69) is 26.7 Å². The zero-order valence-corrected chi connectivity index (χ0v) is 17.3. The van der Waals surface area contributed by atoms with Crippen molar-refractivity contribution in [2.24, 2.45) is 0 Å². The Hall–Kier alpha value is -3.20. The number of nitrogen functional groups attached to an aromatic ring is 1. The number of carbonyl (C=O) groups excluding carboxylic acids is 1. The van der Waals surface area contributed by atoms with Crippen molar-refractivity contribution in [3.63, 3.8) is 0 Å². The maximum absolute atomic E-state index is 12.7. The zero-order chi connectivity index (χ0) is 20.8. The Balaban J connectivity index is 1.61. The second-order valence-electron chi connectivity index (χ2n) is 6.65. The highest BCUT2D eigenvalue weighted by atomic mass is 32.1. The van der Waals surface area contributed by atoms with Crippen LogP contribution in [0.5, 0.6) is 0 Å². The molecule has 0 aromatic carbocycles. The molecule has 0 bridgehead atoms. The quantitative estimate of drug-likeness (QED) is 0.520. The Morgan fingerprint density at radius 3 is 2.83 bits per heavy atom. The Labute approximate surface area is 172 Å². The summed E-state index contributed by atoms with van der Waals surface area (Å²) < 4.78 is 1.42. The lowest BCUT2D eigenvalue weighted by Crippen LogP contribution is -2.34. The average Bonchev–Trinajstić information content (AvgIpc) is 3.20. The molecule has 0 spiro atoms. The van der Waals surface area contributed by atoms with Gasteiger partial charge in [-0.1, -0.05) is 12.1 Å². The van der Waals surface area contributed by atoms with Gasteiger partial charge in [-0.05, 0) is 43.3 Å². The molecular weight excluding hydrogens is 388 g/mol. The summed E-state index contributed by atoms with van der Waals surface area (Å²) in [4.78, 5) is 34.7. The predicted molar refractivity (Wildman–Crippen MR) is 115 cm³/mol. The third-order valence-corrected chi connectivity index (χ3v) is 5.43. The SMILES string of the molecule is Cc1nc(N)ccc1CNC(=O)Cn1c(C)cnc(NCCc2cccs2)c1=O. The van der Waals surface area contributed by atoms with Crippen molar-refractivity contribution in [3.8, 4) is 0 Å². The Bertz CT molecular complexity index is 1050. The fourth-order valence-electron chi connectivity index (χ4n) is 2.84. The van der Waals surface area contributed by atoms with Crippen LogP contribution in [0.2, 0.25) is 0 Å². The van der Waals surface area contributed by atoms with Crippen LogP contribution in [-0.2, 0) is 24.3 Å². The minimum Gasteiger partial charge on any atom is -0.384 e. The standard InChI is InChI=1S/C20H24N6O2S/c1-13-10-24-19(22-8-7-16-4-3-9-29-16)20(28)26(13)12-18(27)23-11-15-5-6-17(21)25-14(15)2/h3-6,9-10H,7-8,11-12H2,1-2H3,(H2,21,25)(H,22,24)(H,23,27). The van der Waals surface area contributed by atoms with Crippen LogP contribution in [0.15, 0.2) is 40.6 Å². The second-order valence-corrected chi connectivity index (χ2v) is 7.69. The Morgan fingerprint density at radius 1 is 1.28 bits per heavy atom. The second kappa shape index (κ2) is 9.33. The van der Waals surface area contributed by atoms with Crippen molar-refractivity contribution in [3.05, 3.63) is 68.0 Å². The number of aromatic nitrogens is 3. The van der Waals surface area contributed by atoms with Crippen LogP contribution in [0.25, 0.3) is 0 Å².